The Bertz CT molecular complexity index is 711. The van der Waals surface area contributed by atoms with Crippen molar-refractivity contribution in [1.29, 1.82) is 0 Å². The van der Waals surface area contributed by atoms with E-state index in [4.69, 9.17) is 9.90 Å². The van der Waals surface area contributed by atoms with Gasteiger partial charge in [0.15, 0.2) is 0 Å². The van der Waals surface area contributed by atoms with E-state index in [1.54, 1.807) is 4.90 Å². The molecule has 0 aromatic heterocycles. The van der Waals surface area contributed by atoms with E-state index in [2.05, 4.69) is 0 Å². The highest BCUT2D eigenvalue weighted by Gasteiger charge is 2.41. The highest BCUT2D eigenvalue weighted by Crippen LogP contribution is 2.40. The quantitative estimate of drug-likeness (QED) is 0.621. The van der Waals surface area contributed by atoms with Crippen LogP contribution in [0.25, 0.3) is 0 Å². The third kappa shape index (κ3) is 5.21. The summed E-state index contributed by atoms with van der Waals surface area (Å²) in [6.07, 6.45) is -2.17. The van der Waals surface area contributed by atoms with Crippen LogP contribution in [0.2, 0.25) is 0 Å². The maximum Gasteiger partial charge on any atom is 0.416 e. The zero-order valence-electron chi connectivity index (χ0n) is 15.7. The van der Waals surface area contributed by atoms with Crippen LogP contribution in [0.1, 0.15) is 30.4 Å². The zero-order valence-corrected chi connectivity index (χ0v) is 15.7. The van der Waals surface area contributed by atoms with Crippen LogP contribution in [0.4, 0.5) is 17.6 Å². The van der Waals surface area contributed by atoms with E-state index in [9.17, 15) is 22.4 Å². The van der Waals surface area contributed by atoms with Crippen molar-refractivity contribution in [2.45, 2.75) is 38.0 Å². The molecule has 1 aromatic rings. The van der Waals surface area contributed by atoms with Crippen LogP contribution < -0.4 is 0 Å². The smallest absolute Gasteiger partial charge is 0.416 e. The molecule has 0 spiro atoms. The summed E-state index contributed by atoms with van der Waals surface area (Å²) in [7, 11) is 3.68. The molecule has 1 aliphatic heterocycles. The summed E-state index contributed by atoms with van der Waals surface area (Å²) >= 11 is 0. The summed E-state index contributed by atoms with van der Waals surface area (Å²) in [6, 6.07) is 2.92. The minimum Gasteiger partial charge on any atom is -0.483 e. The van der Waals surface area contributed by atoms with Crippen LogP contribution in [0, 0.1) is 17.7 Å². The van der Waals surface area contributed by atoms with Crippen molar-refractivity contribution < 1.29 is 32.3 Å². The molecule has 1 aliphatic carbocycles. The lowest BCUT2D eigenvalue weighted by Crippen LogP contribution is -2.39. The average molecular weight is 404 g/mol. The first-order valence-corrected chi connectivity index (χ1v) is 8.94. The number of hydrogen-bond acceptors (Lipinski definition) is 3. The van der Waals surface area contributed by atoms with Crippen LogP contribution >= 0.6 is 0 Å². The van der Waals surface area contributed by atoms with Crippen molar-refractivity contribution in [3.05, 3.63) is 35.1 Å². The van der Waals surface area contributed by atoms with E-state index in [1.165, 1.54) is 6.07 Å². The predicted octanol–water partition coefficient (Wildman–Crippen LogP) is 3.23. The fourth-order valence-corrected chi connectivity index (χ4v) is 4.10. The van der Waals surface area contributed by atoms with E-state index in [-0.39, 0.29) is 30.5 Å². The Morgan fingerprint density at radius 3 is 2.46 bits per heavy atom. The number of benzene rings is 1. The van der Waals surface area contributed by atoms with Crippen LogP contribution in [0.15, 0.2) is 18.2 Å². The summed E-state index contributed by atoms with van der Waals surface area (Å²) in [5.74, 6) is 0.145. The molecule has 2 aliphatic rings. The largest absolute Gasteiger partial charge is 0.483 e. The van der Waals surface area contributed by atoms with Crippen molar-refractivity contribution in [1.82, 2.24) is 9.80 Å². The Morgan fingerprint density at radius 2 is 1.89 bits per heavy atom. The van der Waals surface area contributed by atoms with Gasteiger partial charge in [-0.1, -0.05) is 6.07 Å². The molecule has 0 unspecified atom stereocenters. The number of fused-ring (bicyclic) bond motifs is 1. The molecule has 28 heavy (non-hydrogen) atoms. The lowest BCUT2D eigenvalue weighted by molar-refractivity contribution is -0.138. The number of alkyl halides is 3. The van der Waals surface area contributed by atoms with Gasteiger partial charge in [0.05, 0.1) is 5.56 Å². The van der Waals surface area contributed by atoms with Crippen molar-refractivity contribution in [2.75, 3.05) is 20.6 Å². The third-order valence-corrected chi connectivity index (χ3v) is 5.61. The molecule has 0 bridgehead atoms. The summed E-state index contributed by atoms with van der Waals surface area (Å²) in [5, 5.41) is 6.89. The van der Waals surface area contributed by atoms with Gasteiger partial charge in [-0.15, -0.1) is 0 Å². The molecule has 1 N–H and O–H groups in total. The Hall–Kier alpha value is -2.16. The topological polar surface area (TPSA) is 60.9 Å². The first-order chi connectivity index (χ1) is 13.1. The number of likely N-dealkylation sites (tertiary alicyclic amines) is 1. The Kier molecular flexibility index (Phi) is 7.03. The van der Waals surface area contributed by atoms with Crippen molar-refractivity contribution in [2.24, 2.45) is 11.8 Å². The summed E-state index contributed by atoms with van der Waals surface area (Å²) in [4.78, 5) is 24.0. The maximum atomic E-state index is 14.0. The van der Waals surface area contributed by atoms with Crippen LogP contribution in [-0.4, -0.2) is 54.0 Å². The Labute approximate surface area is 160 Å². The van der Waals surface area contributed by atoms with Gasteiger partial charge in [-0.05, 0) is 43.9 Å². The molecule has 3 rings (SSSR count). The number of carboxylic acid groups (broad SMARTS) is 1. The van der Waals surface area contributed by atoms with Crippen LogP contribution in [0.3, 0.4) is 0 Å². The Balaban J connectivity index is 0.000000878. The van der Waals surface area contributed by atoms with Crippen molar-refractivity contribution in [3.63, 3.8) is 0 Å². The number of nitrogens with zero attached hydrogens (tertiary/aromatic N) is 2. The molecule has 1 saturated heterocycles. The van der Waals surface area contributed by atoms with E-state index in [1.807, 2.05) is 19.0 Å². The standard InChI is InChI=1S/C18H22F4N2O.CH2O2/c1-23(9-11-3-4-14(8-16(11)19)18(20,21)22)15-5-12-7-17(25)24(2)10-13(12)6-15;2-1-3/h3-4,8,12-13,15H,5-7,9-10H2,1-2H3;1H,(H,2,3)/t12-,13+,15-;/m1./s1. The molecular weight excluding hydrogens is 380 g/mol. The Morgan fingerprint density at radius 1 is 1.29 bits per heavy atom. The normalized spacial score (nSPS) is 24.6. The minimum absolute atomic E-state index is 0.165. The van der Waals surface area contributed by atoms with E-state index < -0.39 is 17.6 Å². The molecule has 9 heteroatoms. The second-order valence-corrected chi connectivity index (χ2v) is 7.45. The predicted molar refractivity (Wildman–Crippen MR) is 93.8 cm³/mol. The molecule has 3 atom stereocenters. The molecule has 1 heterocycles. The number of carbonyl (C=O) groups is 2. The van der Waals surface area contributed by atoms with Gasteiger partial charge < -0.3 is 10.0 Å². The first kappa shape index (κ1) is 22.1. The molecule has 1 amide bonds. The first-order valence-electron chi connectivity index (χ1n) is 8.94. The van der Waals surface area contributed by atoms with E-state index >= 15 is 0 Å². The number of amides is 1. The van der Waals surface area contributed by atoms with Crippen molar-refractivity contribution >= 4 is 12.4 Å². The highest BCUT2D eigenvalue weighted by atomic mass is 19.4. The summed E-state index contributed by atoms with van der Waals surface area (Å²) in [6.45, 7) is 0.764. The fourth-order valence-electron chi connectivity index (χ4n) is 4.10. The monoisotopic (exact) mass is 404 g/mol. The van der Waals surface area contributed by atoms with E-state index in [0.29, 0.717) is 24.3 Å². The van der Waals surface area contributed by atoms with Gasteiger partial charge in [0.25, 0.3) is 6.47 Å². The van der Waals surface area contributed by atoms with Gasteiger partial charge in [0.1, 0.15) is 5.82 Å². The molecular formula is C19H24F4N2O3. The van der Waals surface area contributed by atoms with Gasteiger partial charge in [-0.3, -0.25) is 14.5 Å². The number of rotatable bonds is 3. The van der Waals surface area contributed by atoms with Gasteiger partial charge in [-0.2, -0.15) is 13.2 Å². The van der Waals surface area contributed by atoms with Gasteiger partial charge in [0, 0.05) is 38.2 Å². The fraction of sp³-hybridized carbons (Fsp3) is 0.579. The van der Waals surface area contributed by atoms with Gasteiger partial charge >= 0.3 is 6.18 Å². The average Bonchev–Trinajstić information content (AvgIpc) is 2.99. The number of piperidine rings is 1. The molecule has 5 nitrogen and oxygen atoms in total. The van der Waals surface area contributed by atoms with Crippen LogP contribution in [-0.2, 0) is 22.3 Å². The highest BCUT2D eigenvalue weighted by molar-refractivity contribution is 5.77. The lowest BCUT2D eigenvalue weighted by atomic mass is 9.88. The zero-order chi connectivity index (χ0) is 21.1. The molecule has 1 aromatic carbocycles. The maximum absolute atomic E-state index is 14.0. The van der Waals surface area contributed by atoms with E-state index in [0.717, 1.165) is 25.5 Å². The van der Waals surface area contributed by atoms with Gasteiger partial charge in [-0.25, -0.2) is 4.39 Å². The number of halogens is 4. The van der Waals surface area contributed by atoms with Crippen molar-refractivity contribution in [3.8, 4) is 0 Å². The molecule has 156 valence electrons. The van der Waals surface area contributed by atoms with Crippen LogP contribution in [0.5, 0.6) is 0 Å². The third-order valence-electron chi connectivity index (χ3n) is 5.61. The lowest BCUT2D eigenvalue weighted by Gasteiger charge is -2.31. The molecule has 2 fully saturated rings. The summed E-state index contributed by atoms with van der Waals surface area (Å²) < 4.78 is 51.9. The molecule has 0 radical (unpaired) electrons. The van der Waals surface area contributed by atoms with Gasteiger partial charge in [0.2, 0.25) is 5.91 Å². The SMILES string of the molecule is CN1C[C@@H]2C[C@H](N(C)Cc3ccc(C(F)(F)F)cc3F)C[C@@H]2CC1=O.O=CO. The number of hydrogen-bond donors (Lipinski definition) is 1. The summed E-state index contributed by atoms with van der Waals surface area (Å²) in [5.41, 5.74) is -0.705. The second-order valence-electron chi connectivity index (χ2n) is 7.45. The minimum atomic E-state index is -4.54. The number of carbonyl (C=O) groups excluding carboxylic acids is 1. The molecule has 1 saturated carbocycles. The second kappa shape index (κ2) is 8.89.